The van der Waals surface area contributed by atoms with Gasteiger partial charge in [0.25, 0.3) is 0 Å². The fourth-order valence-electron chi connectivity index (χ4n) is 1.37. The zero-order valence-corrected chi connectivity index (χ0v) is 10.1. The van der Waals surface area contributed by atoms with Crippen molar-refractivity contribution in [2.24, 2.45) is 5.73 Å². The van der Waals surface area contributed by atoms with Crippen molar-refractivity contribution in [3.05, 3.63) is 26.8 Å². The lowest BCUT2D eigenvalue weighted by Gasteiger charge is -2.36. The summed E-state index contributed by atoms with van der Waals surface area (Å²) >= 11 is 8.18. The standard InChI is InChI=1S/C9H8ClIN2O/c10-6-3-5(11)1-2-8(6)13-4-7(12)9(13)14/h1-3,7H,4,12H2. The zero-order chi connectivity index (χ0) is 10.3. The van der Waals surface area contributed by atoms with Gasteiger partial charge in [0.1, 0.15) is 6.04 Å². The van der Waals surface area contributed by atoms with Crippen molar-refractivity contribution in [1.82, 2.24) is 0 Å². The molecular weight excluding hydrogens is 314 g/mol. The minimum absolute atomic E-state index is 0.0619. The summed E-state index contributed by atoms with van der Waals surface area (Å²) in [4.78, 5) is 12.9. The summed E-state index contributed by atoms with van der Waals surface area (Å²) in [5.41, 5.74) is 6.24. The van der Waals surface area contributed by atoms with Gasteiger partial charge in [-0.3, -0.25) is 4.79 Å². The van der Waals surface area contributed by atoms with Crippen LogP contribution >= 0.6 is 34.2 Å². The number of halogens is 2. The van der Waals surface area contributed by atoms with E-state index >= 15 is 0 Å². The second kappa shape index (κ2) is 3.67. The number of nitrogens with zero attached hydrogens (tertiary/aromatic N) is 1. The van der Waals surface area contributed by atoms with Gasteiger partial charge in [-0.15, -0.1) is 0 Å². The van der Waals surface area contributed by atoms with Gasteiger partial charge in [-0.05, 0) is 40.8 Å². The molecule has 1 heterocycles. The molecule has 5 heteroatoms. The number of carbonyl (C=O) groups is 1. The van der Waals surface area contributed by atoms with E-state index in [0.29, 0.717) is 11.6 Å². The molecule has 1 aromatic carbocycles. The first kappa shape index (κ1) is 10.2. The summed E-state index contributed by atoms with van der Waals surface area (Å²) in [6.45, 7) is 0.555. The average Bonchev–Trinajstić information content (AvgIpc) is 2.15. The topological polar surface area (TPSA) is 46.3 Å². The van der Waals surface area contributed by atoms with Gasteiger partial charge in [-0.25, -0.2) is 0 Å². The Hall–Kier alpha value is -0.330. The summed E-state index contributed by atoms with van der Waals surface area (Å²) in [6.07, 6.45) is 0. The Morgan fingerprint density at radius 2 is 2.29 bits per heavy atom. The molecule has 3 nitrogen and oxygen atoms in total. The van der Waals surface area contributed by atoms with Crippen molar-refractivity contribution in [2.45, 2.75) is 6.04 Å². The van der Waals surface area contributed by atoms with E-state index in [4.69, 9.17) is 17.3 Å². The van der Waals surface area contributed by atoms with Crippen molar-refractivity contribution in [1.29, 1.82) is 0 Å². The minimum atomic E-state index is -0.356. The van der Waals surface area contributed by atoms with Crippen molar-refractivity contribution in [2.75, 3.05) is 11.4 Å². The third kappa shape index (κ3) is 1.62. The monoisotopic (exact) mass is 322 g/mol. The quantitative estimate of drug-likeness (QED) is 0.631. The largest absolute Gasteiger partial charge is 0.318 e. The van der Waals surface area contributed by atoms with Crippen molar-refractivity contribution in [3.8, 4) is 0 Å². The van der Waals surface area contributed by atoms with Crippen LogP contribution in [0.3, 0.4) is 0 Å². The molecule has 1 atom stereocenters. The molecule has 0 aliphatic carbocycles. The van der Waals surface area contributed by atoms with E-state index in [0.717, 1.165) is 9.26 Å². The highest BCUT2D eigenvalue weighted by atomic mass is 127. The third-order valence-electron chi connectivity index (χ3n) is 2.16. The van der Waals surface area contributed by atoms with Crippen LogP contribution < -0.4 is 10.6 Å². The average molecular weight is 323 g/mol. The fraction of sp³-hybridized carbons (Fsp3) is 0.222. The van der Waals surface area contributed by atoms with Gasteiger partial charge in [-0.1, -0.05) is 11.6 Å². The van der Waals surface area contributed by atoms with Gasteiger partial charge in [0.2, 0.25) is 5.91 Å². The second-order valence-corrected chi connectivity index (χ2v) is 4.80. The van der Waals surface area contributed by atoms with Gasteiger partial charge < -0.3 is 10.6 Å². The van der Waals surface area contributed by atoms with E-state index in [1.165, 1.54) is 0 Å². The smallest absolute Gasteiger partial charge is 0.245 e. The molecule has 14 heavy (non-hydrogen) atoms. The van der Waals surface area contributed by atoms with Crippen LogP contribution in [0, 0.1) is 3.57 Å². The van der Waals surface area contributed by atoms with E-state index in [1.807, 2.05) is 18.2 Å². The molecule has 2 rings (SSSR count). The molecule has 1 fully saturated rings. The Morgan fingerprint density at radius 1 is 1.57 bits per heavy atom. The lowest BCUT2D eigenvalue weighted by atomic mass is 10.1. The maximum atomic E-state index is 11.3. The number of amides is 1. The molecule has 1 amide bonds. The Bertz CT molecular complexity index is 396. The molecule has 1 aliphatic heterocycles. The molecular formula is C9H8ClIN2O. The highest BCUT2D eigenvalue weighted by molar-refractivity contribution is 14.1. The van der Waals surface area contributed by atoms with E-state index in [-0.39, 0.29) is 11.9 Å². The summed E-state index contributed by atoms with van der Waals surface area (Å²) in [5, 5.41) is 0.595. The Labute approximate surface area is 100 Å². The Morgan fingerprint density at radius 3 is 2.79 bits per heavy atom. The number of nitrogens with two attached hydrogens (primary N) is 1. The van der Waals surface area contributed by atoms with Crippen LogP contribution in [0.1, 0.15) is 0 Å². The van der Waals surface area contributed by atoms with Crippen LogP contribution in [-0.2, 0) is 4.79 Å². The molecule has 74 valence electrons. The fourth-order valence-corrected chi connectivity index (χ4v) is 2.33. The molecule has 2 N–H and O–H groups in total. The predicted molar refractivity (Wildman–Crippen MR) is 64.5 cm³/mol. The van der Waals surface area contributed by atoms with Gasteiger partial charge in [0.05, 0.1) is 17.3 Å². The van der Waals surface area contributed by atoms with E-state index in [1.54, 1.807) is 4.90 Å². The van der Waals surface area contributed by atoms with Gasteiger partial charge in [0.15, 0.2) is 0 Å². The van der Waals surface area contributed by atoms with Crippen LogP contribution in [0.5, 0.6) is 0 Å². The summed E-state index contributed by atoms with van der Waals surface area (Å²) in [7, 11) is 0. The number of hydrogen-bond donors (Lipinski definition) is 1. The summed E-state index contributed by atoms with van der Waals surface area (Å²) in [6, 6.07) is 5.23. The minimum Gasteiger partial charge on any atom is -0.318 e. The molecule has 0 bridgehead atoms. The number of β-lactam (4-membered cyclic amide) rings is 1. The maximum absolute atomic E-state index is 11.3. The number of rotatable bonds is 1. The summed E-state index contributed by atoms with van der Waals surface area (Å²) < 4.78 is 1.05. The van der Waals surface area contributed by atoms with Crippen molar-refractivity contribution < 1.29 is 4.79 Å². The predicted octanol–water partition coefficient (Wildman–Crippen LogP) is 1.62. The first-order valence-corrected chi connectivity index (χ1v) is 5.57. The van der Waals surface area contributed by atoms with Crippen LogP contribution in [-0.4, -0.2) is 18.5 Å². The lowest BCUT2D eigenvalue weighted by Crippen LogP contribution is -2.61. The number of benzene rings is 1. The van der Waals surface area contributed by atoms with E-state index in [9.17, 15) is 4.79 Å². The molecule has 0 radical (unpaired) electrons. The summed E-state index contributed by atoms with van der Waals surface area (Å²) in [5.74, 6) is -0.0619. The maximum Gasteiger partial charge on any atom is 0.245 e. The van der Waals surface area contributed by atoms with Crippen molar-refractivity contribution in [3.63, 3.8) is 0 Å². The molecule has 0 saturated carbocycles. The molecule has 1 aromatic rings. The molecule has 0 aromatic heterocycles. The normalized spacial score (nSPS) is 20.9. The van der Waals surface area contributed by atoms with Crippen LogP contribution in [0.25, 0.3) is 0 Å². The van der Waals surface area contributed by atoms with Crippen LogP contribution in [0.4, 0.5) is 5.69 Å². The van der Waals surface area contributed by atoms with E-state index < -0.39 is 0 Å². The number of carbonyl (C=O) groups excluding carboxylic acids is 1. The Kier molecular flexibility index (Phi) is 2.68. The third-order valence-corrected chi connectivity index (χ3v) is 3.14. The second-order valence-electron chi connectivity index (χ2n) is 3.15. The van der Waals surface area contributed by atoms with Crippen LogP contribution in [0.15, 0.2) is 18.2 Å². The van der Waals surface area contributed by atoms with Gasteiger partial charge >= 0.3 is 0 Å². The lowest BCUT2D eigenvalue weighted by molar-refractivity contribution is -0.123. The molecule has 1 saturated heterocycles. The number of hydrogen-bond acceptors (Lipinski definition) is 2. The van der Waals surface area contributed by atoms with E-state index in [2.05, 4.69) is 22.6 Å². The Balaban J connectivity index is 2.30. The number of anilines is 1. The van der Waals surface area contributed by atoms with Gasteiger partial charge in [0, 0.05) is 3.57 Å². The first-order chi connectivity index (χ1) is 6.59. The molecule has 1 aliphatic rings. The van der Waals surface area contributed by atoms with Crippen LogP contribution in [0.2, 0.25) is 5.02 Å². The molecule has 1 unspecified atom stereocenters. The van der Waals surface area contributed by atoms with Crippen molar-refractivity contribution >= 4 is 45.8 Å². The zero-order valence-electron chi connectivity index (χ0n) is 7.21. The highest BCUT2D eigenvalue weighted by Crippen LogP contribution is 2.30. The highest BCUT2D eigenvalue weighted by Gasteiger charge is 2.35. The first-order valence-electron chi connectivity index (χ1n) is 4.11. The van der Waals surface area contributed by atoms with Gasteiger partial charge in [-0.2, -0.15) is 0 Å². The SMILES string of the molecule is NC1CN(c2ccc(I)cc2Cl)C1=O. The molecule has 0 spiro atoms.